The molecule has 0 aliphatic heterocycles. The second-order valence-electron chi connectivity index (χ2n) is 21.2. The standard InChI is InChI=1S/C22H40N6O8.C21H28N4O4.C12H23N3O3S2/c1-16(2)22(33)23-12-6-5-7-13-26(34)20(31)10-8-17(3)24-14-28(36)21(32)11-9-19(30)25-15-27(35)18(4)29;1-21(2,3)10-16(23-13-15-7-5-9-18(25-15)20(28)29)12-22-11-14-6-4-8-17(24-14)19(26)27;1-8(2)14-10(16)4-3-9(15-12(18)7-20)5-13-11(17)6-19/h16,24,34-36H,3,5-15H2,1-2,4H3,(H,23,33)(H,25,30);4-9,16,22-23H,10-13H2,1-3H3,(H,26,27)(H,28,29);8-9,19-20H,3-7H2,1-2H3,(H,13,17)(H,14,16)(H,15,18). The number of amides is 8. The minimum absolute atomic E-state index is 0.0126. The number of carboxylic acid groups (broad SMARTS) is 2. The van der Waals surface area contributed by atoms with E-state index in [4.69, 9.17) is 15.4 Å². The van der Waals surface area contributed by atoms with E-state index in [-0.39, 0.29) is 128 Å². The number of carbonyl (C=O) groups is 10. The highest BCUT2D eigenvalue weighted by molar-refractivity contribution is 7.81. The van der Waals surface area contributed by atoms with Gasteiger partial charge in [-0.25, -0.2) is 34.7 Å². The molecule has 0 fully saturated rings. The van der Waals surface area contributed by atoms with E-state index in [0.29, 0.717) is 71.3 Å². The number of rotatable bonds is 37. The summed E-state index contributed by atoms with van der Waals surface area (Å²) in [5, 5.41) is 70.8. The Hall–Kier alpha value is -6.96. The third kappa shape index (κ3) is 40.1. The van der Waals surface area contributed by atoms with Crippen LogP contribution in [0.4, 0.5) is 0 Å². The summed E-state index contributed by atoms with van der Waals surface area (Å²) in [5.74, 6) is -5.06. The lowest BCUT2D eigenvalue weighted by Crippen LogP contribution is -2.45. The number of hydroxylamine groups is 6. The van der Waals surface area contributed by atoms with E-state index in [1.807, 2.05) is 27.7 Å². The quantitative estimate of drug-likeness (QED) is 0.0152. The molecule has 0 aromatic carbocycles. The van der Waals surface area contributed by atoms with Gasteiger partial charge in [-0.1, -0.05) is 53.3 Å². The molecule has 8 amide bonds. The first-order chi connectivity index (χ1) is 39.9. The van der Waals surface area contributed by atoms with E-state index in [1.54, 1.807) is 24.3 Å². The van der Waals surface area contributed by atoms with Crippen LogP contribution in [-0.2, 0) is 51.4 Å². The molecule has 0 spiro atoms. The highest BCUT2D eigenvalue weighted by Crippen LogP contribution is 2.21. The minimum Gasteiger partial charge on any atom is -0.477 e. The Kier molecular flexibility index (Phi) is 40.1. The van der Waals surface area contributed by atoms with Crippen molar-refractivity contribution in [2.75, 3.05) is 51.0 Å². The van der Waals surface area contributed by atoms with Crippen molar-refractivity contribution in [2.45, 2.75) is 151 Å². The molecule has 28 nitrogen and oxygen atoms in total. The van der Waals surface area contributed by atoms with Crippen LogP contribution in [0.1, 0.15) is 152 Å². The zero-order valence-electron chi connectivity index (χ0n) is 50.1. The summed E-state index contributed by atoms with van der Waals surface area (Å²) in [6.45, 7) is 20.5. The largest absolute Gasteiger partial charge is 0.477 e. The topological polar surface area (TPSA) is 404 Å². The number of pyridine rings is 2. The van der Waals surface area contributed by atoms with Gasteiger partial charge in [0.15, 0.2) is 0 Å². The smallest absolute Gasteiger partial charge is 0.354 e. The monoisotopic (exact) mass is 1240 g/mol. The lowest BCUT2D eigenvalue weighted by atomic mass is 9.88. The van der Waals surface area contributed by atoms with Gasteiger partial charge in [-0.15, -0.1) is 0 Å². The molecule has 2 heterocycles. The molecule has 0 radical (unpaired) electrons. The van der Waals surface area contributed by atoms with Crippen molar-refractivity contribution in [1.82, 2.24) is 67.7 Å². The second kappa shape index (κ2) is 43.6. The summed E-state index contributed by atoms with van der Waals surface area (Å²) in [6.07, 6.45) is 3.22. The third-order valence-electron chi connectivity index (χ3n) is 11.5. The van der Waals surface area contributed by atoms with Crippen molar-refractivity contribution < 1.29 is 73.8 Å². The van der Waals surface area contributed by atoms with Crippen LogP contribution in [0.3, 0.4) is 0 Å². The van der Waals surface area contributed by atoms with Crippen molar-refractivity contribution in [1.29, 1.82) is 0 Å². The molecule has 13 N–H and O–H groups in total. The highest BCUT2D eigenvalue weighted by atomic mass is 32.1. The average molecular weight is 1240 g/mol. The van der Waals surface area contributed by atoms with Gasteiger partial charge in [0.05, 0.1) is 22.9 Å². The fourth-order valence-corrected chi connectivity index (χ4v) is 7.23. The van der Waals surface area contributed by atoms with E-state index >= 15 is 0 Å². The van der Waals surface area contributed by atoms with E-state index in [2.05, 4.69) is 105 Å². The summed E-state index contributed by atoms with van der Waals surface area (Å²) in [7, 11) is 0. The second-order valence-corrected chi connectivity index (χ2v) is 21.8. The Labute approximate surface area is 508 Å². The van der Waals surface area contributed by atoms with Crippen molar-refractivity contribution in [3.8, 4) is 0 Å². The van der Waals surface area contributed by atoms with Crippen molar-refractivity contribution in [2.24, 2.45) is 11.3 Å². The Morgan fingerprint density at radius 2 is 1.18 bits per heavy atom. The molecule has 2 aromatic rings. The van der Waals surface area contributed by atoms with Gasteiger partial charge < -0.3 is 52.7 Å². The molecule has 2 aromatic heterocycles. The molecule has 0 aliphatic rings. The molecular formula is C55H91N13O15S2. The van der Waals surface area contributed by atoms with Crippen molar-refractivity contribution in [3.05, 3.63) is 71.4 Å². The zero-order chi connectivity index (χ0) is 64.7. The van der Waals surface area contributed by atoms with Crippen LogP contribution < -0.4 is 42.5 Å². The highest BCUT2D eigenvalue weighted by Gasteiger charge is 2.21. The Bertz CT molecular complexity index is 2450. The molecule has 2 rings (SSSR count). The SMILES string of the molecule is C=C(CCC(=O)N(O)CCCCCNC(=O)C(C)C)NCN(O)C(=O)CCC(=O)NCN(O)C(C)=O.CC(C)(C)CC(CNCc1cccc(C(=O)O)n1)NCc1cccc(C(=O)O)n1.CC(C)NC(=O)CCC(CNC(=O)CS)NC(=O)CS. The van der Waals surface area contributed by atoms with E-state index in [1.165, 1.54) is 12.1 Å². The molecule has 478 valence electrons. The number of hydrogen-bond donors (Lipinski definition) is 15. The summed E-state index contributed by atoms with van der Waals surface area (Å²) in [4.78, 5) is 122. The van der Waals surface area contributed by atoms with Crippen LogP contribution in [0.2, 0.25) is 0 Å². The molecule has 0 bridgehead atoms. The van der Waals surface area contributed by atoms with Crippen LogP contribution in [0.15, 0.2) is 48.7 Å². The van der Waals surface area contributed by atoms with Gasteiger partial charge in [0.25, 0.3) is 0 Å². The fourth-order valence-electron chi connectivity index (χ4n) is 7.03. The molecule has 0 saturated heterocycles. The number of carboxylic acids is 2. The lowest BCUT2D eigenvalue weighted by Gasteiger charge is -2.27. The Morgan fingerprint density at radius 1 is 0.612 bits per heavy atom. The Morgan fingerprint density at radius 3 is 1.72 bits per heavy atom. The van der Waals surface area contributed by atoms with Crippen molar-refractivity contribution >= 4 is 84.5 Å². The van der Waals surface area contributed by atoms with Gasteiger partial charge in [0.2, 0.25) is 47.3 Å². The number of nitrogens with zero attached hydrogens (tertiary/aromatic N) is 5. The van der Waals surface area contributed by atoms with Gasteiger partial charge in [0, 0.05) is 102 Å². The number of aromatic nitrogens is 2. The maximum atomic E-state index is 12.0. The van der Waals surface area contributed by atoms with Crippen LogP contribution in [0.5, 0.6) is 0 Å². The summed E-state index contributed by atoms with van der Waals surface area (Å²) in [5.41, 5.74) is 1.83. The first-order valence-electron chi connectivity index (χ1n) is 27.7. The first kappa shape index (κ1) is 78.0. The van der Waals surface area contributed by atoms with Crippen LogP contribution in [0, 0.1) is 11.3 Å². The molecule has 2 unspecified atom stereocenters. The maximum Gasteiger partial charge on any atom is 0.354 e. The number of hydrogen-bond acceptors (Lipinski definition) is 20. The molecule has 2 atom stereocenters. The van der Waals surface area contributed by atoms with E-state index < -0.39 is 42.2 Å². The summed E-state index contributed by atoms with van der Waals surface area (Å²) < 4.78 is 0. The van der Waals surface area contributed by atoms with E-state index in [0.717, 1.165) is 26.2 Å². The number of thiol groups is 2. The minimum atomic E-state index is -1.05. The first-order valence-corrected chi connectivity index (χ1v) is 28.9. The number of allylic oxidation sites excluding steroid dienone is 1. The van der Waals surface area contributed by atoms with Crippen molar-refractivity contribution in [3.63, 3.8) is 0 Å². The van der Waals surface area contributed by atoms with Gasteiger partial charge in [-0.05, 0) is 82.1 Å². The van der Waals surface area contributed by atoms with Gasteiger partial charge in [0.1, 0.15) is 24.7 Å². The van der Waals surface area contributed by atoms with Crippen LogP contribution in [-0.4, -0.2) is 179 Å². The zero-order valence-corrected chi connectivity index (χ0v) is 51.9. The number of nitrogens with one attached hydrogen (secondary N) is 8. The van der Waals surface area contributed by atoms with E-state index in [9.17, 15) is 58.4 Å². The molecule has 0 saturated carbocycles. The predicted octanol–water partition coefficient (Wildman–Crippen LogP) is 2.61. The molecule has 0 aliphatic carbocycles. The van der Waals surface area contributed by atoms with Crippen LogP contribution in [0.25, 0.3) is 0 Å². The van der Waals surface area contributed by atoms with Gasteiger partial charge in [-0.3, -0.25) is 54.0 Å². The number of aromatic carboxylic acids is 2. The number of unbranched alkanes of at least 4 members (excludes halogenated alkanes) is 2. The molecular weight excluding hydrogens is 1150 g/mol. The number of carbonyl (C=O) groups excluding carboxylic acids is 8. The Balaban J connectivity index is 0.00000130. The summed E-state index contributed by atoms with van der Waals surface area (Å²) >= 11 is 7.73. The fraction of sp³-hybridized carbons (Fsp3) is 0.600. The third-order valence-corrected chi connectivity index (χ3v) is 12.0. The summed E-state index contributed by atoms with van der Waals surface area (Å²) in [6, 6.07) is 9.79. The van der Waals surface area contributed by atoms with Gasteiger partial charge in [-0.2, -0.15) is 25.3 Å². The van der Waals surface area contributed by atoms with Crippen LogP contribution >= 0.6 is 25.3 Å². The normalized spacial score (nSPS) is 11.5. The average Bonchev–Trinajstić information content (AvgIpc) is 3.52. The molecule has 30 heteroatoms. The lowest BCUT2D eigenvalue weighted by molar-refractivity contribution is -0.168. The molecule has 85 heavy (non-hydrogen) atoms. The predicted molar refractivity (Wildman–Crippen MR) is 321 cm³/mol. The maximum absolute atomic E-state index is 12.0. The van der Waals surface area contributed by atoms with Gasteiger partial charge >= 0.3 is 11.9 Å².